The minimum Gasteiger partial charge on any atom is -0.393 e. The van der Waals surface area contributed by atoms with E-state index in [2.05, 4.69) is 26.8 Å². The average Bonchev–Trinajstić information content (AvgIpc) is 2.38. The minimum atomic E-state index is -0.541. The van der Waals surface area contributed by atoms with Crippen LogP contribution in [0.2, 0.25) is 0 Å². The number of aliphatic hydroxyl groups is 1. The molecule has 1 rings (SSSR count). The second-order valence-corrected chi connectivity index (χ2v) is 6.35. The first kappa shape index (κ1) is 17.6. The second-order valence-electron chi connectivity index (χ2n) is 6.35. The monoisotopic (exact) mass is 288 g/mol. The molecule has 0 aromatic heterocycles. The lowest BCUT2D eigenvalue weighted by molar-refractivity contribution is 0.0839. The zero-order chi connectivity index (χ0) is 15.8. The largest absolute Gasteiger partial charge is 0.393 e. The Morgan fingerprint density at radius 2 is 1.86 bits per heavy atom. The molecule has 0 bridgehead atoms. The van der Waals surface area contributed by atoms with E-state index in [1.807, 2.05) is 31.2 Å². The Kier molecular flexibility index (Phi) is 7.38. The minimum absolute atomic E-state index is 0.0269. The van der Waals surface area contributed by atoms with Crippen LogP contribution in [0.1, 0.15) is 62.4 Å². The lowest BCUT2D eigenvalue weighted by Crippen LogP contribution is -2.16. The molecule has 116 valence electrons. The van der Waals surface area contributed by atoms with E-state index >= 15 is 0 Å². The number of allylic oxidation sites excluding steroid dienone is 2. The molecule has 0 aliphatic carbocycles. The van der Waals surface area contributed by atoms with Gasteiger partial charge in [0.2, 0.25) is 0 Å². The molecule has 0 spiro atoms. The lowest BCUT2D eigenvalue weighted by Gasteiger charge is -2.15. The smallest absolute Gasteiger partial charge is 0.165 e. The van der Waals surface area contributed by atoms with Gasteiger partial charge in [-0.25, -0.2) is 0 Å². The summed E-state index contributed by atoms with van der Waals surface area (Å²) >= 11 is 0. The van der Waals surface area contributed by atoms with E-state index in [4.69, 9.17) is 0 Å². The van der Waals surface area contributed by atoms with Gasteiger partial charge in [0.1, 0.15) is 0 Å². The fraction of sp³-hybridized carbons (Fsp3) is 0.526. The third kappa shape index (κ3) is 7.24. The summed E-state index contributed by atoms with van der Waals surface area (Å²) in [5, 5.41) is 10.1. The van der Waals surface area contributed by atoms with Crippen LogP contribution in [0.25, 0.3) is 0 Å². The maximum Gasteiger partial charge on any atom is 0.165 e. The third-order valence-electron chi connectivity index (χ3n) is 3.68. The van der Waals surface area contributed by atoms with E-state index in [-0.39, 0.29) is 12.2 Å². The molecule has 0 saturated heterocycles. The number of ketones is 1. The molecule has 1 aromatic rings. The van der Waals surface area contributed by atoms with Gasteiger partial charge in [-0.05, 0) is 46.0 Å². The Morgan fingerprint density at radius 3 is 2.43 bits per heavy atom. The zero-order valence-corrected chi connectivity index (χ0v) is 13.7. The fourth-order valence-corrected chi connectivity index (χ4v) is 2.39. The number of aliphatic hydroxyl groups excluding tert-OH is 1. The number of hydrogen-bond acceptors (Lipinski definition) is 2. The van der Waals surface area contributed by atoms with Crippen molar-refractivity contribution < 1.29 is 9.90 Å². The predicted molar refractivity (Wildman–Crippen MR) is 88.6 cm³/mol. The highest BCUT2D eigenvalue weighted by molar-refractivity contribution is 5.96. The first-order chi connectivity index (χ1) is 9.88. The van der Waals surface area contributed by atoms with E-state index in [0.29, 0.717) is 17.9 Å². The van der Waals surface area contributed by atoms with Crippen molar-refractivity contribution >= 4 is 5.78 Å². The number of aryl methyl sites for hydroxylation is 1. The topological polar surface area (TPSA) is 37.3 Å². The number of benzene rings is 1. The fourth-order valence-electron chi connectivity index (χ4n) is 2.39. The molecule has 2 atom stereocenters. The Morgan fingerprint density at radius 1 is 1.24 bits per heavy atom. The summed E-state index contributed by atoms with van der Waals surface area (Å²) in [4.78, 5) is 12.1. The van der Waals surface area contributed by atoms with Gasteiger partial charge in [-0.3, -0.25) is 4.79 Å². The van der Waals surface area contributed by atoms with Crippen molar-refractivity contribution in [1.29, 1.82) is 0 Å². The van der Waals surface area contributed by atoms with Gasteiger partial charge in [-0.1, -0.05) is 48.4 Å². The Bertz CT molecular complexity index is 467. The maximum absolute atomic E-state index is 12.1. The van der Waals surface area contributed by atoms with E-state index in [1.54, 1.807) is 0 Å². The number of hydrogen-bond donors (Lipinski definition) is 1. The molecule has 0 saturated carbocycles. The summed E-state index contributed by atoms with van der Waals surface area (Å²) in [7, 11) is 0. The van der Waals surface area contributed by atoms with Crippen molar-refractivity contribution in [3.05, 3.63) is 47.0 Å². The van der Waals surface area contributed by atoms with Gasteiger partial charge >= 0.3 is 0 Å². The number of carbonyl (C=O) groups excluding carboxylic acids is 1. The molecule has 1 N–H and O–H groups in total. The van der Waals surface area contributed by atoms with Crippen LogP contribution < -0.4 is 0 Å². The Balaban J connectivity index is 2.38. The van der Waals surface area contributed by atoms with Gasteiger partial charge in [-0.15, -0.1) is 0 Å². The van der Waals surface area contributed by atoms with Crippen molar-refractivity contribution in [3.63, 3.8) is 0 Å². The normalized spacial score (nSPS) is 13.6. The molecule has 2 unspecified atom stereocenters. The van der Waals surface area contributed by atoms with Crippen molar-refractivity contribution in [1.82, 2.24) is 0 Å². The van der Waals surface area contributed by atoms with Gasteiger partial charge in [0.05, 0.1) is 6.10 Å². The van der Waals surface area contributed by atoms with Crippen LogP contribution in [0.5, 0.6) is 0 Å². The Hall–Kier alpha value is -1.41. The summed E-state index contributed by atoms with van der Waals surface area (Å²) in [6, 6.07) is 7.54. The standard InChI is InChI=1S/C19H28O2/c1-14(2)6-5-7-16(4)12-18(20)13-19(21)17-10-8-15(3)9-11-17/h6,8-11,16,18,20H,5,7,12-13H2,1-4H3. The zero-order valence-electron chi connectivity index (χ0n) is 13.7. The molecular formula is C19H28O2. The van der Waals surface area contributed by atoms with Gasteiger partial charge in [0, 0.05) is 12.0 Å². The summed E-state index contributed by atoms with van der Waals surface area (Å²) in [5.74, 6) is 0.459. The quantitative estimate of drug-likeness (QED) is 0.556. The van der Waals surface area contributed by atoms with E-state index in [1.165, 1.54) is 5.57 Å². The predicted octanol–water partition coefficient (Wildman–Crippen LogP) is 4.70. The highest BCUT2D eigenvalue weighted by Crippen LogP contribution is 2.17. The van der Waals surface area contributed by atoms with E-state index < -0.39 is 6.10 Å². The summed E-state index contributed by atoms with van der Waals surface area (Å²) < 4.78 is 0. The molecule has 2 nitrogen and oxygen atoms in total. The first-order valence-corrected chi connectivity index (χ1v) is 7.79. The maximum atomic E-state index is 12.1. The van der Waals surface area contributed by atoms with Crippen molar-refractivity contribution in [2.75, 3.05) is 0 Å². The summed E-state index contributed by atoms with van der Waals surface area (Å²) in [6.45, 7) is 8.33. The van der Waals surface area contributed by atoms with Crippen molar-refractivity contribution in [2.24, 2.45) is 5.92 Å². The van der Waals surface area contributed by atoms with Crippen LogP contribution in [0.4, 0.5) is 0 Å². The van der Waals surface area contributed by atoms with E-state index in [9.17, 15) is 9.90 Å². The summed E-state index contributed by atoms with van der Waals surface area (Å²) in [5.41, 5.74) is 3.16. The first-order valence-electron chi connectivity index (χ1n) is 7.79. The van der Waals surface area contributed by atoms with Crippen LogP contribution in [-0.4, -0.2) is 17.0 Å². The lowest BCUT2D eigenvalue weighted by atomic mass is 9.94. The number of rotatable bonds is 8. The van der Waals surface area contributed by atoms with Crippen molar-refractivity contribution in [3.8, 4) is 0 Å². The molecule has 0 fully saturated rings. The van der Waals surface area contributed by atoms with Gasteiger partial charge in [0.25, 0.3) is 0 Å². The number of carbonyl (C=O) groups is 1. The molecule has 0 aliphatic rings. The van der Waals surface area contributed by atoms with Crippen LogP contribution in [0.3, 0.4) is 0 Å². The highest BCUT2D eigenvalue weighted by Gasteiger charge is 2.15. The molecule has 1 aromatic carbocycles. The van der Waals surface area contributed by atoms with Gasteiger partial charge in [-0.2, -0.15) is 0 Å². The molecule has 0 aliphatic heterocycles. The second kappa shape index (κ2) is 8.78. The SMILES string of the molecule is CC(C)=CCCC(C)CC(O)CC(=O)c1ccc(C)cc1. The van der Waals surface area contributed by atoms with Crippen LogP contribution >= 0.6 is 0 Å². The molecule has 0 radical (unpaired) electrons. The molecule has 2 heteroatoms. The van der Waals surface area contributed by atoms with E-state index in [0.717, 1.165) is 18.4 Å². The Labute approximate surface area is 128 Å². The third-order valence-corrected chi connectivity index (χ3v) is 3.68. The van der Waals surface area contributed by atoms with Crippen LogP contribution in [0, 0.1) is 12.8 Å². The van der Waals surface area contributed by atoms with Gasteiger partial charge in [0.15, 0.2) is 5.78 Å². The van der Waals surface area contributed by atoms with Crippen LogP contribution in [0.15, 0.2) is 35.9 Å². The van der Waals surface area contributed by atoms with Gasteiger partial charge < -0.3 is 5.11 Å². The highest BCUT2D eigenvalue weighted by atomic mass is 16.3. The molecular weight excluding hydrogens is 260 g/mol. The molecule has 21 heavy (non-hydrogen) atoms. The molecule has 0 amide bonds. The van der Waals surface area contributed by atoms with Crippen LogP contribution in [-0.2, 0) is 0 Å². The number of Topliss-reactive ketones (excluding diaryl/α,β-unsaturated/α-hetero) is 1. The molecule has 0 heterocycles. The van der Waals surface area contributed by atoms with Crippen molar-refractivity contribution in [2.45, 2.75) is 59.5 Å². The summed E-state index contributed by atoms with van der Waals surface area (Å²) in [6.07, 6.45) is 4.69. The average molecular weight is 288 g/mol.